The molecule has 0 aliphatic heterocycles. The number of para-hydroxylation sites is 1. The Morgan fingerprint density at radius 1 is 0.871 bits per heavy atom. The number of amides is 1. The van der Waals surface area contributed by atoms with E-state index in [1.54, 1.807) is 49.4 Å². The van der Waals surface area contributed by atoms with Gasteiger partial charge in [0.25, 0.3) is 5.91 Å². The van der Waals surface area contributed by atoms with Crippen LogP contribution in [0.4, 0.5) is 5.69 Å². The van der Waals surface area contributed by atoms with Crippen LogP contribution in [0, 0.1) is 0 Å². The number of fused-ring (bicyclic) bond motifs is 1. The minimum Gasteiger partial charge on any atom is -0.496 e. The fourth-order valence-corrected chi connectivity index (χ4v) is 3.10. The molecule has 0 radical (unpaired) electrons. The van der Waals surface area contributed by atoms with E-state index in [1.807, 2.05) is 24.3 Å². The summed E-state index contributed by atoms with van der Waals surface area (Å²) in [5.74, 6) is -1.45. The lowest BCUT2D eigenvalue weighted by Gasteiger charge is -2.21. The first-order valence-corrected chi connectivity index (χ1v) is 9.78. The van der Waals surface area contributed by atoms with Gasteiger partial charge in [-0.1, -0.05) is 42.5 Å². The lowest BCUT2D eigenvalue weighted by Crippen LogP contribution is -2.39. The van der Waals surface area contributed by atoms with Crippen LogP contribution < -0.4 is 9.64 Å². The first kappa shape index (κ1) is 21.8. The lowest BCUT2D eigenvalue weighted by atomic mass is 10.1. The van der Waals surface area contributed by atoms with Gasteiger partial charge >= 0.3 is 11.9 Å². The Labute approximate surface area is 180 Å². The van der Waals surface area contributed by atoms with E-state index in [9.17, 15) is 14.4 Å². The van der Waals surface area contributed by atoms with Crippen LogP contribution in [-0.2, 0) is 19.1 Å². The summed E-state index contributed by atoms with van der Waals surface area (Å²) in [5.41, 5.74) is 0.713. The van der Waals surface area contributed by atoms with Crippen molar-refractivity contribution in [3.05, 3.63) is 72.3 Å². The van der Waals surface area contributed by atoms with Gasteiger partial charge in [0.2, 0.25) is 0 Å². The van der Waals surface area contributed by atoms with Crippen LogP contribution in [-0.4, -0.2) is 44.7 Å². The van der Waals surface area contributed by atoms with E-state index in [-0.39, 0.29) is 18.7 Å². The molecule has 0 atom stereocenters. The number of anilines is 1. The molecule has 0 aliphatic carbocycles. The number of benzene rings is 3. The second kappa shape index (κ2) is 10.2. The summed E-state index contributed by atoms with van der Waals surface area (Å²) in [6.45, 7) is 1.06. The Morgan fingerprint density at radius 2 is 1.52 bits per heavy atom. The van der Waals surface area contributed by atoms with Crippen LogP contribution in [0.1, 0.15) is 17.3 Å². The molecular weight excluding hydrogens is 398 g/mol. The van der Waals surface area contributed by atoms with E-state index < -0.39 is 24.5 Å². The molecule has 3 aromatic rings. The molecule has 0 N–H and O–H groups in total. The summed E-state index contributed by atoms with van der Waals surface area (Å²) in [4.78, 5) is 38.7. The molecule has 160 valence electrons. The maximum Gasteiger partial charge on any atom is 0.342 e. The monoisotopic (exact) mass is 421 g/mol. The largest absolute Gasteiger partial charge is 0.496 e. The minimum absolute atomic E-state index is 0.201. The van der Waals surface area contributed by atoms with Gasteiger partial charge in [-0.2, -0.15) is 0 Å². The van der Waals surface area contributed by atoms with E-state index in [0.717, 1.165) is 10.8 Å². The van der Waals surface area contributed by atoms with Crippen molar-refractivity contribution in [1.82, 2.24) is 0 Å². The van der Waals surface area contributed by atoms with Gasteiger partial charge in [0.15, 0.2) is 6.61 Å². The highest BCUT2D eigenvalue weighted by molar-refractivity contribution is 6.02. The molecule has 3 aromatic carbocycles. The summed E-state index contributed by atoms with van der Waals surface area (Å²) in [6, 6.07) is 19.6. The van der Waals surface area contributed by atoms with Crippen LogP contribution >= 0.6 is 0 Å². The second-order valence-electron chi connectivity index (χ2n) is 6.60. The van der Waals surface area contributed by atoms with Gasteiger partial charge in [-0.15, -0.1) is 0 Å². The molecule has 7 nitrogen and oxygen atoms in total. The summed E-state index contributed by atoms with van der Waals surface area (Å²) in [6.07, 6.45) is 0. The average molecular weight is 421 g/mol. The molecule has 0 saturated carbocycles. The molecular formula is C24H23NO6. The van der Waals surface area contributed by atoms with Gasteiger partial charge in [-0.3, -0.25) is 14.5 Å². The highest BCUT2D eigenvalue weighted by Gasteiger charge is 2.23. The van der Waals surface area contributed by atoms with E-state index in [1.165, 1.54) is 12.0 Å². The highest BCUT2D eigenvalue weighted by Crippen LogP contribution is 2.26. The van der Waals surface area contributed by atoms with Crippen LogP contribution in [0.25, 0.3) is 10.8 Å². The Morgan fingerprint density at radius 3 is 2.16 bits per heavy atom. The third-order valence-corrected chi connectivity index (χ3v) is 4.58. The summed E-state index contributed by atoms with van der Waals surface area (Å²) in [7, 11) is 1.46. The highest BCUT2D eigenvalue weighted by atomic mass is 16.5. The van der Waals surface area contributed by atoms with Crippen molar-refractivity contribution < 1.29 is 28.6 Å². The molecule has 0 spiro atoms. The number of carbonyl (C=O) groups excluding carboxylic acids is 3. The van der Waals surface area contributed by atoms with Crippen molar-refractivity contribution in [2.75, 3.05) is 31.8 Å². The Hall–Kier alpha value is -3.87. The molecule has 3 rings (SSSR count). The van der Waals surface area contributed by atoms with Crippen molar-refractivity contribution >= 4 is 34.3 Å². The third-order valence-electron chi connectivity index (χ3n) is 4.58. The van der Waals surface area contributed by atoms with Crippen molar-refractivity contribution in [3.63, 3.8) is 0 Å². The summed E-state index contributed by atoms with van der Waals surface area (Å²) >= 11 is 0. The molecule has 31 heavy (non-hydrogen) atoms. The van der Waals surface area contributed by atoms with Gasteiger partial charge in [-0.25, -0.2) is 4.79 Å². The van der Waals surface area contributed by atoms with Gasteiger partial charge in [0.05, 0.1) is 13.7 Å². The van der Waals surface area contributed by atoms with Crippen LogP contribution in [0.5, 0.6) is 5.75 Å². The Bertz CT molecular complexity index is 1080. The van der Waals surface area contributed by atoms with Crippen molar-refractivity contribution in [1.29, 1.82) is 0 Å². The molecule has 0 aromatic heterocycles. The number of hydrogen-bond acceptors (Lipinski definition) is 6. The standard InChI is InChI=1S/C24H23NO6/c1-3-30-23(27)15-25(19-11-5-4-6-12-19)22(26)16-31-24(28)20-13-17-9-7-8-10-18(17)14-21(20)29-2/h4-14H,3,15-16H2,1-2H3. The van der Waals surface area contributed by atoms with E-state index in [4.69, 9.17) is 14.2 Å². The van der Waals surface area contributed by atoms with E-state index >= 15 is 0 Å². The Balaban J connectivity index is 1.76. The lowest BCUT2D eigenvalue weighted by molar-refractivity contribution is -0.142. The van der Waals surface area contributed by atoms with Crippen LogP contribution in [0.15, 0.2) is 66.7 Å². The average Bonchev–Trinajstić information content (AvgIpc) is 2.80. The molecule has 0 heterocycles. The second-order valence-corrected chi connectivity index (χ2v) is 6.60. The number of methoxy groups -OCH3 is 1. The topological polar surface area (TPSA) is 82.1 Å². The fourth-order valence-electron chi connectivity index (χ4n) is 3.10. The molecule has 0 fully saturated rings. The zero-order chi connectivity index (χ0) is 22.2. The molecule has 0 unspecified atom stereocenters. The fraction of sp³-hybridized carbons (Fsp3) is 0.208. The van der Waals surface area contributed by atoms with Crippen LogP contribution in [0.3, 0.4) is 0 Å². The van der Waals surface area contributed by atoms with Gasteiger partial charge in [0.1, 0.15) is 17.9 Å². The SMILES string of the molecule is CCOC(=O)CN(C(=O)COC(=O)c1cc2ccccc2cc1OC)c1ccccc1. The van der Waals surface area contributed by atoms with Gasteiger partial charge < -0.3 is 14.2 Å². The summed E-state index contributed by atoms with van der Waals surface area (Å²) in [5, 5.41) is 1.76. The van der Waals surface area contributed by atoms with E-state index in [0.29, 0.717) is 11.4 Å². The quantitative estimate of drug-likeness (QED) is 0.517. The molecule has 0 bridgehead atoms. The number of hydrogen-bond donors (Lipinski definition) is 0. The van der Waals surface area contributed by atoms with Gasteiger partial charge in [-0.05, 0) is 42.0 Å². The zero-order valence-electron chi connectivity index (χ0n) is 17.4. The van der Waals surface area contributed by atoms with Gasteiger partial charge in [0, 0.05) is 5.69 Å². The predicted octanol–water partition coefficient (Wildman–Crippen LogP) is 3.60. The Kier molecular flexibility index (Phi) is 7.22. The van der Waals surface area contributed by atoms with E-state index in [2.05, 4.69) is 0 Å². The first-order valence-electron chi connectivity index (χ1n) is 9.78. The summed E-state index contributed by atoms with van der Waals surface area (Å²) < 4.78 is 15.5. The molecule has 7 heteroatoms. The maximum atomic E-state index is 12.8. The number of carbonyl (C=O) groups is 3. The zero-order valence-corrected chi connectivity index (χ0v) is 17.4. The number of rotatable bonds is 8. The number of nitrogens with zero attached hydrogens (tertiary/aromatic N) is 1. The third kappa shape index (κ3) is 5.39. The number of ether oxygens (including phenoxy) is 3. The number of esters is 2. The normalized spacial score (nSPS) is 10.4. The minimum atomic E-state index is -0.694. The van der Waals surface area contributed by atoms with Crippen molar-refractivity contribution in [3.8, 4) is 5.75 Å². The van der Waals surface area contributed by atoms with Crippen molar-refractivity contribution in [2.45, 2.75) is 6.92 Å². The smallest absolute Gasteiger partial charge is 0.342 e. The molecule has 0 aliphatic rings. The molecule has 1 amide bonds. The maximum absolute atomic E-state index is 12.8. The van der Waals surface area contributed by atoms with Crippen LogP contribution in [0.2, 0.25) is 0 Å². The predicted molar refractivity (Wildman–Crippen MR) is 116 cm³/mol. The van der Waals surface area contributed by atoms with Crippen molar-refractivity contribution in [2.24, 2.45) is 0 Å². The molecule has 0 saturated heterocycles. The first-order chi connectivity index (χ1) is 15.0.